The summed E-state index contributed by atoms with van der Waals surface area (Å²) in [5.41, 5.74) is 5.95. The molecule has 1 aromatic rings. The SMILES string of the molecule is CC1CN(C(=O)c2cccn2CC(F)(F)F)CCC1N. The quantitative estimate of drug-likeness (QED) is 0.903. The largest absolute Gasteiger partial charge is 0.406 e. The Balaban J connectivity index is 2.12. The fraction of sp³-hybridized carbons (Fsp3) is 0.615. The van der Waals surface area contributed by atoms with Crippen LogP contribution in [0.5, 0.6) is 0 Å². The van der Waals surface area contributed by atoms with E-state index in [-0.39, 0.29) is 23.6 Å². The third-order valence-corrected chi connectivity index (χ3v) is 3.66. The van der Waals surface area contributed by atoms with Crippen LogP contribution >= 0.6 is 0 Å². The Hall–Kier alpha value is -1.50. The van der Waals surface area contributed by atoms with E-state index in [1.54, 1.807) is 4.90 Å². The number of rotatable bonds is 2. The molecule has 2 rings (SSSR count). The van der Waals surface area contributed by atoms with Crippen molar-refractivity contribution in [1.82, 2.24) is 9.47 Å². The standard InChI is InChI=1S/C13H18F3N3O/c1-9-7-18(6-4-10(9)17)12(20)11-3-2-5-19(11)8-13(14,15)16/h2-3,5,9-10H,4,6-8,17H2,1H3. The van der Waals surface area contributed by atoms with Crippen molar-refractivity contribution in [3.05, 3.63) is 24.0 Å². The van der Waals surface area contributed by atoms with Crippen LogP contribution in [-0.4, -0.2) is 40.7 Å². The zero-order valence-corrected chi connectivity index (χ0v) is 11.2. The molecular formula is C13H18F3N3O. The molecule has 4 nitrogen and oxygen atoms in total. The van der Waals surface area contributed by atoms with Crippen LogP contribution < -0.4 is 5.73 Å². The monoisotopic (exact) mass is 289 g/mol. The van der Waals surface area contributed by atoms with E-state index >= 15 is 0 Å². The zero-order valence-electron chi connectivity index (χ0n) is 11.2. The minimum absolute atomic E-state index is 0.0426. The van der Waals surface area contributed by atoms with Gasteiger partial charge in [0.15, 0.2) is 0 Å². The van der Waals surface area contributed by atoms with E-state index in [4.69, 9.17) is 5.73 Å². The Morgan fingerprint density at radius 3 is 2.80 bits per heavy atom. The van der Waals surface area contributed by atoms with Gasteiger partial charge in [-0.05, 0) is 24.5 Å². The Kier molecular flexibility index (Phi) is 4.08. The molecule has 0 aromatic carbocycles. The van der Waals surface area contributed by atoms with Gasteiger partial charge < -0.3 is 15.2 Å². The number of carbonyl (C=O) groups is 1. The molecule has 0 saturated carbocycles. The van der Waals surface area contributed by atoms with Crippen molar-refractivity contribution in [2.24, 2.45) is 11.7 Å². The summed E-state index contributed by atoms with van der Waals surface area (Å²) in [6.45, 7) is 1.77. The van der Waals surface area contributed by atoms with Crippen molar-refractivity contribution in [2.75, 3.05) is 13.1 Å². The molecule has 1 fully saturated rings. The van der Waals surface area contributed by atoms with Gasteiger partial charge >= 0.3 is 6.18 Å². The molecule has 20 heavy (non-hydrogen) atoms. The van der Waals surface area contributed by atoms with Crippen molar-refractivity contribution >= 4 is 5.91 Å². The van der Waals surface area contributed by atoms with Crippen LogP contribution in [-0.2, 0) is 6.54 Å². The van der Waals surface area contributed by atoms with Crippen molar-refractivity contribution in [1.29, 1.82) is 0 Å². The summed E-state index contributed by atoms with van der Waals surface area (Å²) >= 11 is 0. The number of likely N-dealkylation sites (tertiary alicyclic amines) is 1. The maximum Gasteiger partial charge on any atom is 0.406 e. The van der Waals surface area contributed by atoms with Crippen molar-refractivity contribution in [3.63, 3.8) is 0 Å². The molecule has 112 valence electrons. The molecule has 0 bridgehead atoms. The third kappa shape index (κ3) is 3.33. The number of hydrogen-bond acceptors (Lipinski definition) is 2. The van der Waals surface area contributed by atoms with E-state index < -0.39 is 12.7 Å². The average molecular weight is 289 g/mol. The summed E-state index contributed by atoms with van der Waals surface area (Å²) in [6.07, 6.45) is -2.39. The fourth-order valence-corrected chi connectivity index (χ4v) is 2.45. The summed E-state index contributed by atoms with van der Waals surface area (Å²) in [7, 11) is 0. The Labute approximate surface area is 115 Å². The van der Waals surface area contributed by atoms with Gasteiger partial charge in [0.2, 0.25) is 0 Å². The van der Waals surface area contributed by atoms with Crippen LogP contribution in [0.1, 0.15) is 23.8 Å². The highest BCUT2D eigenvalue weighted by Gasteiger charge is 2.32. The molecule has 1 saturated heterocycles. The molecule has 7 heteroatoms. The summed E-state index contributed by atoms with van der Waals surface area (Å²) in [5, 5.41) is 0. The van der Waals surface area contributed by atoms with Crippen LogP contribution in [0.25, 0.3) is 0 Å². The van der Waals surface area contributed by atoms with E-state index in [0.717, 1.165) is 4.57 Å². The second-order valence-electron chi connectivity index (χ2n) is 5.32. The molecule has 0 spiro atoms. The van der Waals surface area contributed by atoms with Gasteiger partial charge in [-0.2, -0.15) is 13.2 Å². The van der Waals surface area contributed by atoms with Crippen LogP contribution in [0.15, 0.2) is 18.3 Å². The lowest BCUT2D eigenvalue weighted by molar-refractivity contribution is -0.140. The van der Waals surface area contributed by atoms with Gasteiger partial charge in [-0.25, -0.2) is 0 Å². The molecule has 2 heterocycles. The first kappa shape index (κ1) is 14.9. The van der Waals surface area contributed by atoms with Crippen LogP contribution in [0, 0.1) is 5.92 Å². The van der Waals surface area contributed by atoms with Crippen molar-refractivity contribution in [3.8, 4) is 0 Å². The lowest BCUT2D eigenvalue weighted by Crippen LogP contribution is -2.48. The van der Waals surface area contributed by atoms with E-state index in [9.17, 15) is 18.0 Å². The number of hydrogen-bond donors (Lipinski definition) is 1. The van der Waals surface area contributed by atoms with Gasteiger partial charge in [0, 0.05) is 25.3 Å². The molecule has 2 unspecified atom stereocenters. The highest BCUT2D eigenvalue weighted by atomic mass is 19.4. The minimum atomic E-state index is -4.34. The van der Waals surface area contributed by atoms with E-state index in [2.05, 4.69) is 0 Å². The van der Waals surface area contributed by atoms with Gasteiger partial charge in [-0.1, -0.05) is 6.92 Å². The third-order valence-electron chi connectivity index (χ3n) is 3.66. The summed E-state index contributed by atoms with van der Waals surface area (Å²) in [6, 6.07) is 2.92. The number of piperidine rings is 1. The van der Waals surface area contributed by atoms with Gasteiger partial charge in [-0.15, -0.1) is 0 Å². The second kappa shape index (κ2) is 5.47. The van der Waals surface area contributed by atoms with Gasteiger partial charge in [0.25, 0.3) is 5.91 Å². The van der Waals surface area contributed by atoms with E-state index in [0.29, 0.717) is 19.5 Å². The van der Waals surface area contributed by atoms with E-state index in [1.807, 2.05) is 6.92 Å². The number of halogens is 3. The number of amides is 1. The number of aromatic nitrogens is 1. The van der Waals surface area contributed by atoms with Crippen molar-refractivity contribution in [2.45, 2.75) is 32.1 Å². The Morgan fingerprint density at radius 2 is 2.20 bits per heavy atom. The number of nitrogens with zero attached hydrogens (tertiary/aromatic N) is 2. The Bertz CT molecular complexity index is 483. The summed E-state index contributed by atoms with van der Waals surface area (Å²) < 4.78 is 38.3. The predicted molar refractivity (Wildman–Crippen MR) is 68.1 cm³/mol. The fourth-order valence-electron chi connectivity index (χ4n) is 2.45. The molecular weight excluding hydrogens is 271 g/mol. The smallest absolute Gasteiger partial charge is 0.337 e. The van der Waals surface area contributed by atoms with Crippen LogP contribution in [0.4, 0.5) is 13.2 Å². The molecule has 0 aliphatic carbocycles. The maximum atomic E-state index is 12.5. The van der Waals surface area contributed by atoms with Crippen molar-refractivity contribution < 1.29 is 18.0 Å². The lowest BCUT2D eigenvalue weighted by Gasteiger charge is -2.35. The van der Waals surface area contributed by atoms with Crippen LogP contribution in [0.2, 0.25) is 0 Å². The number of alkyl halides is 3. The maximum absolute atomic E-state index is 12.5. The van der Waals surface area contributed by atoms with Gasteiger partial charge in [0.1, 0.15) is 12.2 Å². The number of carbonyl (C=O) groups excluding carboxylic acids is 1. The van der Waals surface area contributed by atoms with Crippen LogP contribution in [0.3, 0.4) is 0 Å². The second-order valence-corrected chi connectivity index (χ2v) is 5.32. The highest BCUT2D eigenvalue weighted by molar-refractivity contribution is 5.92. The first-order valence-electron chi connectivity index (χ1n) is 6.54. The molecule has 0 radical (unpaired) electrons. The van der Waals surface area contributed by atoms with E-state index in [1.165, 1.54) is 18.3 Å². The molecule has 1 aromatic heterocycles. The van der Waals surface area contributed by atoms with Gasteiger partial charge in [-0.3, -0.25) is 4.79 Å². The molecule has 2 N–H and O–H groups in total. The molecule has 1 aliphatic rings. The highest BCUT2D eigenvalue weighted by Crippen LogP contribution is 2.21. The summed E-state index contributed by atoms with van der Waals surface area (Å²) in [4.78, 5) is 13.9. The predicted octanol–water partition coefficient (Wildman–Crippen LogP) is 1.86. The Morgan fingerprint density at radius 1 is 1.50 bits per heavy atom. The molecule has 1 aliphatic heterocycles. The minimum Gasteiger partial charge on any atom is -0.337 e. The average Bonchev–Trinajstić information content (AvgIpc) is 2.77. The zero-order chi connectivity index (χ0) is 14.9. The molecule has 2 atom stereocenters. The first-order valence-corrected chi connectivity index (χ1v) is 6.54. The lowest BCUT2D eigenvalue weighted by atomic mass is 9.94. The van der Waals surface area contributed by atoms with Gasteiger partial charge in [0.05, 0.1) is 0 Å². The molecule has 1 amide bonds. The number of nitrogens with two attached hydrogens (primary N) is 1. The normalized spacial score (nSPS) is 23.9. The summed E-state index contributed by atoms with van der Waals surface area (Å²) in [5.74, 6) is -0.211. The first-order chi connectivity index (χ1) is 9.28. The topological polar surface area (TPSA) is 51.3 Å².